The van der Waals surface area contributed by atoms with Gasteiger partial charge in [0, 0.05) is 17.3 Å². The molecule has 2 aromatic heterocycles. The number of H-pyrrole nitrogens is 1. The van der Waals surface area contributed by atoms with E-state index in [2.05, 4.69) is 14.7 Å². The number of hydrogen-bond donors (Lipinski definition) is 3. The summed E-state index contributed by atoms with van der Waals surface area (Å²) in [6.45, 7) is 1.67. The fourth-order valence-corrected chi connectivity index (χ4v) is 4.18. The van der Waals surface area contributed by atoms with Crippen LogP contribution in [-0.2, 0) is 21.2 Å². The quantitative estimate of drug-likeness (QED) is 0.740. The molecule has 0 radical (unpaired) electrons. The Bertz CT molecular complexity index is 691. The maximum Gasteiger partial charge on any atom is 0.308 e. The van der Waals surface area contributed by atoms with E-state index in [1.165, 1.54) is 18.3 Å². The molecular formula is C11H13N3O4S2. The predicted molar refractivity (Wildman–Crippen MR) is 73.0 cm³/mol. The van der Waals surface area contributed by atoms with Gasteiger partial charge in [-0.2, -0.15) is 0 Å². The summed E-state index contributed by atoms with van der Waals surface area (Å²) in [6, 6.07) is 2.41. The predicted octanol–water partition coefficient (Wildman–Crippen LogP) is 1.14. The minimum atomic E-state index is -3.68. The maximum absolute atomic E-state index is 12.1. The molecule has 0 saturated heterocycles. The summed E-state index contributed by atoms with van der Waals surface area (Å²) in [5, 5.41) is 8.68. The van der Waals surface area contributed by atoms with E-state index in [-0.39, 0.29) is 10.6 Å². The molecule has 1 atom stereocenters. The van der Waals surface area contributed by atoms with Crippen molar-refractivity contribution in [1.29, 1.82) is 0 Å². The van der Waals surface area contributed by atoms with Gasteiger partial charge in [0.2, 0.25) is 0 Å². The number of carboxylic acid groups (broad SMARTS) is 1. The van der Waals surface area contributed by atoms with Gasteiger partial charge in [0.05, 0.1) is 12.5 Å². The molecule has 0 aliphatic rings. The van der Waals surface area contributed by atoms with Crippen LogP contribution in [0.1, 0.15) is 23.7 Å². The molecule has 0 aliphatic heterocycles. The molecule has 0 amide bonds. The smallest absolute Gasteiger partial charge is 0.308 e. The number of aromatic nitrogens is 2. The van der Waals surface area contributed by atoms with Crippen molar-refractivity contribution in [2.45, 2.75) is 23.6 Å². The van der Waals surface area contributed by atoms with Crippen LogP contribution in [0.5, 0.6) is 0 Å². The summed E-state index contributed by atoms with van der Waals surface area (Å²) in [5.41, 5.74) is 0. The lowest BCUT2D eigenvalue weighted by atomic mass is 10.3. The Balaban J connectivity index is 2.14. The normalized spacial score (nSPS) is 13.2. The summed E-state index contributed by atoms with van der Waals surface area (Å²) in [6.07, 6.45) is 2.96. The van der Waals surface area contributed by atoms with Gasteiger partial charge >= 0.3 is 5.97 Å². The lowest BCUT2D eigenvalue weighted by Crippen LogP contribution is -2.26. The Hall–Kier alpha value is -1.71. The molecule has 0 saturated carbocycles. The summed E-state index contributed by atoms with van der Waals surface area (Å²) in [4.78, 5) is 17.9. The molecule has 9 heteroatoms. The fourth-order valence-electron chi connectivity index (χ4n) is 1.61. The zero-order chi connectivity index (χ0) is 14.8. The fraction of sp³-hybridized carbons (Fsp3) is 0.273. The molecule has 0 fully saturated rings. The van der Waals surface area contributed by atoms with Crippen LogP contribution in [0.25, 0.3) is 0 Å². The van der Waals surface area contributed by atoms with E-state index in [0.29, 0.717) is 10.7 Å². The third-order valence-electron chi connectivity index (χ3n) is 2.49. The highest BCUT2D eigenvalue weighted by atomic mass is 32.2. The van der Waals surface area contributed by atoms with Crippen molar-refractivity contribution in [3.05, 3.63) is 35.2 Å². The Morgan fingerprint density at radius 3 is 2.90 bits per heavy atom. The molecule has 0 spiro atoms. The van der Waals surface area contributed by atoms with E-state index in [1.54, 1.807) is 13.1 Å². The average molecular weight is 315 g/mol. The van der Waals surface area contributed by atoms with E-state index in [4.69, 9.17) is 5.11 Å². The highest BCUT2D eigenvalue weighted by Gasteiger charge is 2.21. The van der Waals surface area contributed by atoms with Crippen LogP contribution in [0.15, 0.2) is 28.7 Å². The molecule has 2 aromatic rings. The van der Waals surface area contributed by atoms with Gasteiger partial charge < -0.3 is 10.1 Å². The highest BCUT2D eigenvalue weighted by Crippen LogP contribution is 2.23. The Morgan fingerprint density at radius 2 is 2.30 bits per heavy atom. The summed E-state index contributed by atoms with van der Waals surface area (Å²) in [7, 11) is -3.68. The standard InChI is InChI=1S/C11H13N3O4S2/c1-7(11-12-4-5-13-11)14-20(17,18)10-3-2-8(19-10)6-9(15)16/h2-5,7,14H,6H2,1H3,(H,12,13)(H,15,16). The zero-order valence-electron chi connectivity index (χ0n) is 10.5. The van der Waals surface area contributed by atoms with Crippen molar-refractivity contribution >= 4 is 27.3 Å². The van der Waals surface area contributed by atoms with Gasteiger partial charge in [0.1, 0.15) is 10.0 Å². The highest BCUT2D eigenvalue weighted by molar-refractivity contribution is 7.91. The summed E-state index contributed by atoms with van der Waals surface area (Å²) in [5.74, 6) is -0.483. The van der Waals surface area contributed by atoms with Crippen LogP contribution in [0.2, 0.25) is 0 Å². The van der Waals surface area contributed by atoms with Crippen LogP contribution < -0.4 is 4.72 Å². The van der Waals surface area contributed by atoms with E-state index in [9.17, 15) is 13.2 Å². The molecule has 0 aromatic carbocycles. The first-order chi connectivity index (χ1) is 9.38. The first kappa shape index (κ1) is 14.7. The second kappa shape index (κ2) is 5.73. The lowest BCUT2D eigenvalue weighted by molar-refractivity contribution is -0.136. The molecular weight excluding hydrogens is 302 g/mol. The van der Waals surface area contributed by atoms with Crippen LogP contribution >= 0.6 is 11.3 Å². The van der Waals surface area contributed by atoms with E-state index >= 15 is 0 Å². The van der Waals surface area contributed by atoms with Crippen LogP contribution in [-0.4, -0.2) is 29.5 Å². The Labute approximate surface area is 119 Å². The average Bonchev–Trinajstić information content (AvgIpc) is 2.97. The SMILES string of the molecule is CC(NS(=O)(=O)c1ccc(CC(=O)O)s1)c1ncc[nH]1. The van der Waals surface area contributed by atoms with Crippen molar-refractivity contribution in [3.63, 3.8) is 0 Å². The second-order valence-corrected chi connectivity index (χ2v) is 7.22. The molecule has 0 bridgehead atoms. The third kappa shape index (κ3) is 3.44. The molecule has 108 valence electrons. The maximum atomic E-state index is 12.1. The van der Waals surface area contributed by atoms with Crippen molar-refractivity contribution < 1.29 is 18.3 Å². The number of aromatic amines is 1. The largest absolute Gasteiger partial charge is 0.481 e. The van der Waals surface area contributed by atoms with Crippen molar-refractivity contribution in [1.82, 2.24) is 14.7 Å². The van der Waals surface area contributed by atoms with Gasteiger partial charge in [-0.1, -0.05) is 0 Å². The number of aliphatic carboxylic acids is 1. The van der Waals surface area contributed by atoms with Gasteiger partial charge in [0.25, 0.3) is 10.0 Å². The number of hydrogen-bond acceptors (Lipinski definition) is 5. The number of thiophene rings is 1. The van der Waals surface area contributed by atoms with Crippen LogP contribution in [0, 0.1) is 0 Å². The number of sulfonamides is 1. The van der Waals surface area contributed by atoms with Crippen molar-refractivity contribution in [3.8, 4) is 0 Å². The monoisotopic (exact) mass is 315 g/mol. The minimum absolute atomic E-state index is 0.0900. The Kier molecular flexibility index (Phi) is 4.21. The van der Waals surface area contributed by atoms with E-state index in [0.717, 1.165) is 11.3 Å². The number of imidazole rings is 1. The van der Waals surface area contributed by atoms with Gasteiger partial charge in [0.15, 0.2) is 0 Å². The van der Waals surface area contributed by atoms with Crippen molar-refractivity contribution in [2.75, 3.05) is 0 Å². The first-order valence-electron chi connectivity index (χ1n) is 5.70. The molecule has 7 nitrogen and oxygen atoms in total. The number of nitrogens with one attached hydrogen (secondary N) is 2. The molecule has 0 aliphatic carbocycles. The first-order valence-corrected chi connectivity index (χ1v) is 8.00. The van der Waals surface area contributed by atoms with Crippen molar-refractivity contribution in [2.24, 2.45) is 0 Å². The zero-order valence-corrected chi connectivity index (χ0v) is 12.2. The summed E-state index contributed by atoms with van der Waals surface area (Å²) >= 11 is 0.945. The number of carboxylic acids is 1. The van der Waals surface area contributed by atoms with E-state index in [1.807, 2.05) is 0 Å². The summed E-state index contributed by atoms with van der Waals surface area (Å²) < 4.78 is 26.9. The van der Waals surface area contributed by atoms with Gasteiger partial charge in [-0.15, -0.1) is 11.3 Å². The molecule has 2 rings (SSSR count). The Morgan fingerprint density at radius 1 is 1.55 bits per heavy atom. The molecule has 2 heterocycles. The van der Waals surface area contributed by atoms with Crippen LogP contribution in [0.4, 0.5) is 0 Å². The number of carbonyl (C=O) groups is 1. The number of rotatable bonds is 6. The number of nitrogens with zero attached hydrogens (tertiary/aromatic N) is 1. The second-order valence-electron chi connectivity index (χ2n) is 4.11. The van der Waals surface area contributed by atoms with Gasteiger partial charge in [-0.05, 0) is 19.1 Å². The topological polar surface area (TPSA) is 112 Å². The minimum Gasteiger partial charge on any atom is -0.481 e. The van der Waals surface area contributed by atoms with Crippen LogP contribution in [0.3, 0.4) is 0 Å². The third-order valence-corrected chi connectivity index (χ3v) is 5.61. The molecule has 20 heavy (non-hydrogen) atoms. The molecule has 1 unspecified atom stereocenters. The van der Waals surface area contributed by atoms with Gasteiger partial charge in [-0.25, -0.2) is 18.1 Å². The molecule has 3 N–H and O–H groups in total. The van der Waals surface area contributed by atoms with E-state index < -0.39 is 22.0 Å². The lowest BCUT2D eigenvalue weighted by Gasteiger charge is -2.10. The van der Waals surface area contributed by atoms with Gasteiger partial charge in [-0.3, -0.25) is 4.79 Å².